The Balaban J connectivity index is 2.07. The summed E-state index contributed by atoms with van der Waals surface area (Å²) in [4.78, 5) is 20.5. The Morgan fingerprint density at radius 1 is 1.89 bits per heavy atom. The standard InChI is InChI=1S/C5H8N2O2/c1-3(8)6-2-4-5(9)7-4/h4H,2H2,1H3,(H,6,8)(H,7,9). The summed E-state index contributed by atoms with van der Waals surface area (Å²) in [5, 5.41) is 5.05. The van der Waals surface area contributed by atoms with Gasteiger partial charge < -0.3 is 10.6 Å². The fourth-order valence-electron chi connectivity index (χ4n) is 0.520. The summed E-state index contributed by atoms with van der Waals surface area (Å²) in [5.41, 5.74) is 0. The fourth-order valence-corrected chi connectivity index (χ4v) is 0.520. The molecule has 1 aliphatic heterocycles. The van der Waals surface area contributed by atoms with Gasteiger partial charge in [-0.1, -0.05) is 0 Å². The van der Waals surface area contributed by atoms with Crippen LogP contribution in [0.5, 0.6) is 0 Å². The highest BCUT2D eigenvalue weighted by molar-refractivity contribution is 5.97. The Morgan fingerprint density at radius 3 is 2.78 bits per heavy atom. The maximum absolute atomic E-state index is 10.2. The van der Waals surface area contributed by atoms with E-state index in [1.807, 2.05) is 0 Å². The van der Waals surface area contributed by atoms with E-state index in [0.29, 0.717) is 6.54 Å². The SMILES string of the molecule is CC(=O)NCC1NC1=O. The van der Waals surface area contributed by atoms with Crippen LogP contribution < -0.4 is 10.6 Å². The quantitative estimate of drug-likeness (QED) is 0.450. The Labute approximate surface area is 52.6 Å². The monoisotopic (exact) mass is 128 g/mol. The van der Waals surface area contributed by atoms with Gasteiger partial charge in [-0.2, -0.15) is 0 Å². The Kier molecular flexibility index (Phi) is 1.38. The van der Waals surface area contributed by atoms with Crippen LogP contribution in [0.2, 0.25) is 0 Å². The van der Waals surface area contributed by atoms with Gasteiger partial charge in [0.2, 0.25) is 11.8 Å². The molecular weight excluding hydrogens is 120 g/mol. The lowest BCUT2D eigenvalue weighted by Gasteiger charge is -1.93. The van der Waals surface area contributed by atoms with Crippen LogP contribution in [0.4, 0.5) is 0 Å². The van der Waals surface area contributed by atoms with Crippen molar-refractivity contribution in [1.82, 2.24) is 10.6 Å². The van der Waals surface area contributed by atoms with Crippen LogP contribution in [0.1, 0.15) is 6.92 Å². The van der Waals surface area contributed by atoms with E-state index < -0.39 is 0 Å². The number of carbonyl (C=O) groups is 2. The second-order valence-corrected chi connectivity index (χ2v) is 2.00. The van der Waals surface area contributed by atoms with Gasteiger partial charge >= 0.3 is 0 Å². The summed E-state index contributed by atoms with van der Waals surface area (Å²) in [6.07, 6.45) is 0. The molecule has 2 N–H and O–H groups in total. The minimum absolute atomic E-state index is 0.0174. The lowest BCUT2D eigenvalue weighted by Crippen LogP contribution is -2.25. The van der Waals surface area contributed by atoms with Crippen molar-refractivity contribution < 1.29 is 9.59 Å². The van der Waals surface area contributed by atoms with Gasteiger partial charge in [0.15, 0.2) is 0 Å². The molecule has 9 heavy (non-hydrogen) atoms. The van der Waals surface area contributed by atoms with E-state index in [1.165, 1.54) is 6.92 Å². The van der Waals surface area contributed by atoms with Gasteiger partial charge in [0.05, 0.1) is 0 Å². The van der Waals surface area contributed by atoms with Crippen LogP contribution in [0.25, 0.3) is 0 Å². The maximum Gasteiger partial charge on any atom is 0.245 e. The number of rotatable bonds is 2. The van der Waals surface area contributed by atoms with Gasteiger partial charge in [0.25, 0.3) is 0 Å². The van der Waals surface area contributed by atoms with Gasteiger partial charge in [-0.15, -0.1) is 0 Å². The molecule has 0 aromatic rings. The molecule has 1 rings (SSSR count). The third-order valence-corrected chi connectivity index (χ3v) is 1.10. The lowest BCUT2D eigenvalue weighted by atomic mass is 10.4. The molecule has 2 amide bonds. The van der Waals surface area contributed by atoms with Crippen molar-refractivity contribution in [1.29, 1.82) is 0 Å². The highest BCUT2D eigenvalue weighted by atomic mass is 16.2. The Morgan fingerprint density at radius 2 is 2.44 bits per heavy atom. The van der Waals surface area contributed by atoms with E-state index in [4.69, 9.17) is 0 Å². The summed E-state index contributed by atoms with van der Waals surface area (Å²) in [6, 6.07) is -0.117. The molecule has 1 aliphatic rings. The number of hydrogen-bond acceptors (Lipinski definition) is 2. The molecule has 1 saturated heterocycles. The Hall–Kier alpha value is -1.06. The molecule has 0 aromatic heterocycles. The molecule has 0 spiro atoms. The van der Waals surface area contributed by atoms with Crippen molar-refractivity contribution in [3.63, 3.8) is 0 Å². The fraction of sp³-hybridized carbons (Fsp3) is 0.600. The summed E-state index contributed by atoms with van der Waals surface area (Å²) < 4.78 is 0. The van der Waals surface area contributed by atoms with E-state index in [0.717, 1.165) is 0 Å². The zero-order chi connectivity index (χ0) is 6.85. The summed E-state index contributed by atoms with van der Waals surface area (Å²) in [6.45, 7) is 1.85. The third-order valence-electron chi connectivity index (χ3n) is 1.10. The van der Waals surface area contributed by atoms with Crippen molar-refractivity contribution in [2.75, 3.05) is 6.54 Å². The van der Waals surface area contributed by atoms with Gasteiger partial charge in [-0.3, -0.25) is 9.59 Å². The Bertz CT molecular complexity index is 155. The molecule has 4 heteroatoms. The molecule has 1 heterocycles. The molecule has 1 atom stereocenters. The molecule has 4 nitrogen and oxygen atoms in total. The summed E-state index contributed by atoms with van der Waals surface area (Å²) >= 11 is 0. The smallest absolute Gasteiger partial charge is 0.245 e. The first kappa shape index (κ1) is 6.07. The second-order valence-electron chi connectivity index (χ2n) is 2.00. The average Bonchev–Trinajstić information content (AvgIpc) is 2.42. The van der Waals surface area contributed by atoms with Crippen LogP contribution in [0, 0.1) is 0 Å². The molecule has 0 saturated carbocycles. The molecule has 1 unspecified atom stereocenters. The van der Waals surface area contributed by atoms with Crippen LogP contribution >= 0.6 is 0 Å². The molecule has 1 fully saturated rings. The maximum atomic E-state index is 10.2. The molecular formula is C5H8N2O2. The molecule has 0 radical (unpaired) electrons. The topological polar surface area (TPSA) is 68.1 Å². The molecule has 0 aromatic carbocycles. The van der Waals surface area contributed by atoms with Crippen LogP contribution in [0.3, 0.4) is 0 Å². The molecule has 0 aliphatic carbocycles. The van der Waals surface area contributed by atoms with E-state index in [1.54, 1.807) is 0 Å². The molecule has 0 bridgehead atoms. The van der Waals surface area contributed by atoms with Gasteiger partial charge in [-0.25, -0.2) is 0 Å². The van der Waals surface area contributed by atoms with Crippen molar-refractivity contribution in [2.45, 2.75) is 13.0 Å². The predicted molar refractivity (Wildman–Crippen MR) is 30.6 cm³/mol. The normalized spacial score (nSPS) is 22.8. The number of amides is 2. The first-order chi connectivity index (χ1) is 4.20. The summed E-state index contributed by atoms with van der Waals surface area (Å²) in [5.74, 6) is -0.0831. The van der Waals surface area contributed by atoms with E-state index in [9.17, 15) is 9.59 Å². The molecule has 50 valence electrons. The van der Waals surface area contributed by atoms with Crippen molar-refractivity contribution >= 4 is 11.8 Å². The van der Waals surface area contributed by atoms with Crippen molar-refractivity contribution in [2.24, 2.45) is 0 Å². The highest BCUT2D eigenvalue weighted by Crippen LogP contribution is 1.95. The van der Waals surface area contributed by atoms with Crippen LogP contribution in [0.15, 0.2) is 0 Å². The van der Waals surface area contributed by atoms with E-state index >= 15 is 0 Å². The second kappa shape index (κ2) is 2.05. The van der Waals surface area contributed by atoms with Gasteiger partial charge in [0, 0.05) is 13.5 Å². The third kappa shape index (κ3) is 1.71. The zero-order valence-corrected chi connectivity index (χ0v) is 5.10. The van der Waals surface area contributed by atoms with Gasteiger partial charge in [-0.05, 0) is 0 Å². The predicted octanol–water partition coefficient (Wildman–Crippen LogP) is -1.38. The van der Waals surface area contributed by atoms with Crippen LogP contribution in [-0.2, 0) is 9.59 Å². The minimum Gasteiger partial charge on any atom is -0.354 e. The number of hydrogen-bond donors (Lipinski definition) is 2. The lowest BCUT2D eigenvalue weighted by molar-refractivity contribution is -0.118. The average molecular weight is 128 g/mol. The minimum atomic E-state index is -0.117. The van der Waals surface area contributed by atoms with Crippen molar-refractivity contribution in [3.8, 4) is 0 Å². The van der Waals surface area contributed by atoms with Crippen LogP contribution in [-0.4, -0.2) is 24.4 Å². The largest absolute Gasteiger partial charge is 0.354 e. The first-order valence-electron chi connectivity index (χ1n) is 2.75. The van der Waals surface area contributed by atoms with E-state index in [2.05, 4.69) is 10.6 Å². The summed E-state index contributed by atoms with van der Waals surface area (Å²) in [7, 11) is 0. The van der Waals surface area contributed by atoms with Crippen molar-refractivity contribution in [3.05, 3.63) is 0 Å². The highest BCUT2D eigenvalue weighted by Gasteiger charge is 2.32. The zero-order valence-electron chi connectivity index (χ0n) is 5.10. The van der Waals surface area contributed by atoms with Gasteiger partial charge in [0.1, 0.15) is 6.04 Å². The number of nitrogens with one attached hydrogen (secondary N) is 2. The van der Waals surface area contributed by atoms with E-state index in [-0.39, 0.29) is 17.9 Å². The first-order valence-corrected chi connectivity index (χ1v) is 2.75. The number of carbonyl (C=O) groups excluding carboxylic acids is 2.